The molecule has 0 radical (unpaired) electrons. The molecule has 2 unspecified atom stereocenters. The molecule has 36 heavy (non-hydrogen) atoms. The van der Waals surface area contributed by atoms with E-state index in [2.05, 4.69) is 5.32 Å². The van der Waals surface area contributed by atoms with Crippen molar-refractivity contribution in [2.24, 2.45) is 0 Å². The van der Waals surface area contributed by atoms with Crippen molar-refractivity contribution < 1.29 is 36.2 Å². The van der Waals surface area contributed by atoms with Gasteiger partial charge in [0.25, 0.3) is 0 Å². The summed E-state index contributed by atoms with van der Waals surface area (Å²) in [5, 5.41) is 12.9. The molecule has 0 bridgehead atoms. The summed E-state index contributed by atoms with van der Waals surface area (Å²) in [4.78, 5) is 15.1. The molecule has 0 saturated heterocycles. The number of hydrogen-bond donors (Lipinski definition) is 2. The Morgan fingerprint density at radius 3 is 1.92 bits per heavy atom. The SMILES string of the molecule is CC(C(=O)NC1(c2ccccc2)CCC(N(C)C(C)O)CC1)c1cc(C(F)(F)F)cc(C(F)(F)F)c1. The molecule has 0 aromatic heterocycles. The van der Waals surface area contributed by atoms with E-state index in [9.17, 15) is 36.2 Å². The molecule has 10 heteroatoms. The minimum Gasteiger partial charge on any atom is -0.379 e. The Labute approximate surface area is 206 Å². The van der Waals surface area contributed by atoms with Crippen LogP contribution in [0, 0.1) is 0 Å². The summed E-state index contributed by atoms with van der Waals surface area (Å²) in [5.41, 5.74) is -3.29. The van der Waals surface area contributed by atoms with Crippen LogP contribution in [0.5, 0.6) is 0 Å². The summed E-state index contributed by atoms with van der Waals surface area (Å²) < 4.78 is 79.9. The molecule has 0 aliphatic heterocycles. The fourth-order valence-electron chi connectivity index (χ4n) is 4.78. The van der Waals surface area contributed by atoms with Gasteiger partial charge in [-0.05, 0) is 75.9 Å². The molecule has 3 rings (SSSR count). The van der Waals surface area contributed by atoms with Gasteiger partial charge in [0.1, 0.15) is 6.23 Å². The zero-order chi connectivity index (χ0) is 26.9. The molecule has 2 N–H and O–H groups in total. The zero-order valence-corrected chi connectivity index (χ0v) is 20.2. The molecular weight excluding hydrogens is 486 g/mol. The maximum atomic E-state index is 13.3. The first-order valence-electron chi connectivity index (χ1n) is 11.7. The molecule has 4 nitrogen and oxygen atoms in total. The first-order valence-corrected chi connectivity index (χ1v) is 11.7. The van der Waals surface area contributed by atoms with Crippen LogP contribution in [0.25, 0.3) is 0 Å². The number of nitrogens with zero attached hydrogens (tertiary/aromatic N) is 1. The highest BCUT2D eigenvalue weighted by Gasteiger charge is 2.41. The van der Waals surface area contributed by atoms with Gasteiger partial charge in [-0.1, -0.05) is 30.3 Å². The Morgan fingerprint density at radius 2 is 1.47 bits per heavy atom. The summed E-state index contributed by atoms with van der Waals surface area (Å²) in [7, 11) is 1.80. The summed E-state index contributed by atoms with van der Waals surface area (Å²) in [6.07, 6.45) is -8.39. The first kappa shape index (κ1) is 28.0. The Hall–Kier alpha value is -2.59. The van der Waals surface area contributed by atoms with Gasteiger partial charge >= 0.3 is 12.4 Å². The number of carbonyl (C=O) groups is 1. The van der Waals surface area contributed by atoms with Gasteiger partial charge in [0.05, 0.1) is 22.6 Å². The van der Waals surface area contributed by atoms with Gasteiger partial charge in [-0.2, -0.15) is 26.3 Å². The molecule has 2 atom stereocenters. The Bertz CT molecular complexity index is 1010. The van der Waals surface area contributed by atoms with Crippen molar-refractivity contribution in [3.8, 4) is 0 Å². The predicted molar refractivity (Wildman–Crippen MR) is 123 cm³/mol. The van der Waals surface area contributed by atoms with Crippen molar-refractivity contribution in [2.45, 2.75) is 75.6 Å². The van der Waals surface area contributed by atoms with Gasteiger partial charge < -0.3 is 10.4 Å². The monoisotopic (exact) mass is 516 g/mol. The maximum absolute atomic E-state index is 13.3. The fraction of sp³-hybridized carbons (Fsp3) is 0.500. The molecule has 1 aliphatic carbocycles. The third-order valence-corrected chi connectivity index (χ3v) is 7.17. The lowest BCUT2D eigenvalue weighted by molar-refractivity contribution is -0.143. The smallest absolute Gasteiger partial charge is 0.379 e. The van der Waals surface area contributed by atoms with Crippen LogP contribution >= 0.6 is 0 Å². The van der Waals surface area contributed by atoms with Crippen molar-refractivity contribution in [1.82, 2.24) is 10.2 Å². The number of benzene rings is 2. The number of rotatable bonds is 6. The second-order valence-corrected chi connectivity index (χ2v) is 9.53. The van der Waals surface area contributed by atoms with Gasteiger partial charge in [0.15, 0.2) is 0 Å². The molecule has 198 valence electrons. The van der Waals surface area contributed by atoms with Gasteiger partial charge in [-0.3, -0.25) is 9.69 Å². The average molecular weight is 517 g/mol. The Kier molecular flexibility index (Phi) is 8.10. The standard InChI is InChI=1S/C26H30F6N2O2/c1-16(18-13-20(25(27,28)29)15-21(14-18)26(30,31)32)23(36)33-24(19-7-5-4-6-8-19)11-9-22(10-12-24)34(3)17(2)35/h4-8,13-17,22,35H,9-12H2,1-3H3,(H,33,36). The van der Waals surface area contributed by atoms with E-state index in [1.165, 1.54) is 6.92 Å². The van der Waals surface area contributed by atoms with E-state index in [0.29, 0.717) is 37.8 Å². The van der Waals surface area contributed by atoms with E-state index >= 15 is 0 Å². The van der Waals surface area contributed by atoms with E-state index in [1.54, 1.807) is 14.0 Å². The molecule has 0 spiro atoms. The second kappa shape index (κ2) is 10.4. The summed E-state index contributed by atoms with van der Waals surface area (Å²) in [5.74, 6) is -1.92. The van der Waals surface area contributed by atoms with Crippen molar-refractivity contribution in [1.29, 1.82) is 0 Å². The molecular formula is C26H30F6N2O2. The van der Waals surface area contributed by atoms with Gasteiger partial charge in [-0.25, -0.2) is 0 Å². The van der Waals surface area contributed by atoms with Crippen LogP contribution in [0.4, 0.5) is 26.3 Å². The van der Waals surface area contributed by atoms with E-state index < -0.39 is 47.1 Å². The van der Waals surface area contributed by atoms with Crippen molar-refractivity contribution in [3.63, 3.8) is 0 Å². The Morgan fingerprint density at radius 1 is 0.972 bits per heavy atom. The van der Waals surface area contributed by atoms with E-state index in [4.69, 9.17) is 0 Å². The highest BCUT2D eigenvalue weighted by Crippen LogP contribution is 2.41. The van der Waals surface area contributed by atoms with Crippen molar-refractivity contribution in [3.05, 3.63) is 70.8 Å². The quantitative estimate of drug-likeness (QED) is 0.363. The minimum atomic E-state index is -4.99. The maximum Gasteiger partial charge on any atom is 0.416 e. The lowest BCUT2D eigenvalue weighted by Gasteiger charge is -2.44. The second-order valence-electron chi connectivity index (χ2n) is 9.53. The highest BCUT2D eigenvalue weighted by atomic mass is 19.4. The van der Waals surface area contributed by atoms with E-state index in [0.717, 1.165) is 5.56 Å². The van der Waals surface area contributed by atoms with Gasteiger partial charge in [0, 0.05) is 6.04 Å². The molecule has 1 fully saturated rings. The van der Waals surface area contributed by atoms with E-state index in [1.807, 2.05) is 35.2 Å². The highest BCUT2D eigenvalue weighted by molar-refractivity contribution is 5.84. The number of hydrogen-bond acceptors (Lipinski definition) is 3. The van der Waals surface area contributed by atoms with Crippen LogP contribution in [0.15, 0.2) is 48.5 Å². The normalized spacial score (nSPS) is 22.8. The van der Waals surface area contributed by atoms with Crippen molar-refractivity contribution >= 4 is 5.91 Å². The molecule has 0 heterocycles. The van der Waals surface area contributed by atoms with E-state index in [-0.39, 0.29) is 17.7 Å². The van der Waals surface area contributed by atoms with Gasteiger partial charge in [0.2, 0.25) is 5.91 Å². The fourth-order valence-corrected chi connectivity index (χ4v) is 4.78. The zero-order valence-electron chi connectivity index (χ0n) is 20.2. The van der Waals surface area contributed by atoms with Crippen LogP contribution < -0.4 is 5.32 Å². The number of alkyl halides is 6. The first-order chi connectivity index (χ1) is 16.6. The summed E-state index contributed by atoms with van der Waals surface area (Å²) in [6, 6.07) is 10.4. The van der Waals surface area contributed by atoms with Gasteiger partial charge in [-0.15, -0.1) is 0 Å². The number of aliphatic hydroxyl groups excluding tert-OH is 1. The largest absolute Gasteiger partial charge is 0.416 e. The van der Waals surface area contributed by atoms with Crippen LogP contribution in [0.2, 0.25) is 0 Å². The molecule has 2 aromatic rings. The summed E-state index contributed by atoms with van der Waals surface area (Å²) in [6.45, 7) is 2.96. The van der Waals surface area contributed by atoms with Crippen LogP contribution in [-0.4, -0.2) is 35.2 Å². The summed E-state index contributed by atoms with van der Waals surface area (Å²) >= 11 is 0. The van der Waals surface area contributed by atoms with Crippen LogP contribution in [-0.2, 0) is 22.7 Å². The number of amides is 1. The topological polar surface area (TPSA) is 52.6 Å². The molecule has 2 aromatic carbocycles. The number of halogens is 6. The molecule has 1 saturated carbocycles. The predicted octanol–water partition coefficient (Wildman–Crippen LogP) is 6.05. The van der Waals surface area contributed by atoms with Crippen molar-refractivity contribution in [2.75, 3.05) is 7.05 Å². The molecule has 1 amide bonds. The minimum absolute atomic E-state index is 0.0551. The third-order valence-electron chi connectivity index (χ3n) is 7.17. The molecule has 1 aliphatic rings. The number of aliphatic hydroxyl groups is 1. The lowest BCUT2D eigenvalue weighted by atomic mass is 9.74. The van der Waals surface area contributed by atoms with Crippen LogP contribution in [0.1, 0.15) is 67.7 Å². The lowest BCUT2D eigenvalue weighted by Crippen LogP contribution is -2.52. The average Bonchev–Trinajstić information content (AvgIpc) is 2.82. The number of nitrogens with one attached hydrogen (secondary N) is 1. The Balaban J connectivity index is 1.92. The van der Waals surface area contributed by atoms with Crippen LogP contribution in [0.3, 0.4) is 0 Å². The number of carbonyl (C=O) groups excluding carboxylic acids is 1. The third kappa shape index (κ3) is 6.21.